The number of pyridine rings is 1. The first kappa shape index (κ1) is 12.6. The minimum atomic E-state index is 0.453. The number of aromatic nitrogens is 1. The highest BCUT2D eigenvalue weighted by atomic mass is 32.2. The number of benzene rings is 1. The molecule has 0 fully saturated rings. The van der Waals surface area contributed by atoms with Crippen LogP contribution < -0.4 is 15.2 Å². The quantitative estimate of drug-likeness (QED) is 0.912. The molecular weight excluding hydrogens is 274 g/mol. The SMILES string of the molecule is N#Cc1cnc(Sc2ccc3c(c2)OCCO3)c(N)c1. The fraction of sp³-hybridized carbons (Fsp3) is 0.143. The van der Waals surface area contributed by atoms with E-state index in [1.165, 1.54) is 18.0 Å². The third-order valence-electron chi connectivity index (χ3n) is 2.74. The minimum Gasteiger partial charge on any atom is -0.486 e. The van der Waals surface area contributed by atoms with Crippen LogP contribution in [0.15, 0.2) is 40.4 Å². The van der Waals surface area contributed by atoms with Crippen LogP contribution in [-0.2, 0) is 0 Å². The summed E-state index contributed by atoms with van der Waals surface area (Å²) in [6.07, 6.45) is 1.51. The van der Waals surface area contributed by atoms with E-state index < -0.39 is 0 Å². The van der Waals surface area contributed by atoms with Gasteiger partial charge >= 0.3 is 0 Å². The number of nitrogens with two attached hydrogens (primary N) is 1. The van der Waals surface area contributed by atoms with Gasteiger partial charge < -0.3 is 15.2 Å². The van der Waals surface area contributed by atoms with E-state index >= 15 is 0 Å². The third-order valence-corrected chi connectivity index (χ3v) is 3.76. The molecule has 3 rings (SSSR count). The van der Waals surface area contributed by atoms with Gasteiger partial charge in [0.1, 0.15) is 24.3 Å². The van der Waals surface area contributed by atoms with Crippen LogP contribution in [0.5, 0.6) is 11.5 Å². The number of nitrogen functional groups attached to an aromatic ring is 1. The first-order valence-electron chi connectivity index (χ1n) is 5.99. The number of nitriles is 1. The highest BCUT2D eigenvalue weighted by Gasteiger charge is 2.13. The summed E-state index contributed by atoms with van der Waals surface area (Å²) in [6, 6.07) is 9.33. The maximum absolute atomic E-state index is 8.79. The number of anilines is 1. The van der Waals surface area contributed by atoms with Gasteiger partial charge in [-0.15, -0.1) is 0 Å². The zero-order valence-corrected chi connectivity index (χ0v) is 11.3. The standard InChI is InChI=1S/C14H11N3O2S/c15-7-9-5-11(16)14(17-8-9)20-10-1-2-12-13(6-10)19-4-3-18-12/h1-2,5-6,8H,3-4,16H2. The Morgan fingerprint density at radius 1 is 1.20 bits per heavy atom. The average molecular weight is 285 g/mol. The number of nitrogens with zero attached hydrogens (tertiary/aromatic N) is 2. The molecular formula is C14H11N3O2S. The summed E-state index contributed by atoms with van der Waals surface area (Å²) in [5.41, 5.74) is 6.83. The second-order valence-corrected chi connectivity index (χ2v) is 5.20. The highest BCUT2D eigenvalue weighted by Crippen LogP contribution is 2.37. The molecule has 6 heteroatoms. The first-order chi connectivity index (χ1) is 9.76. The normalized spacial score (nSPS) is 12.8. The van der Waals surface area contributed by atoms with Crippen molar-refractivity contribution in [3.05, 3.63) is 36.0 Å². The largest absolute Gasteiger partial charge is 0.486 e. The molecule has 20 heavy (non-hydrogen) atoms. The summed E-state index contributed by atoms with van der Waals surface area (Å²) in [7, 11) is 0. The molecule has 1 aromatic carbocycles. The lowest BCUT2D eigenvalue weighted by Gasteiger charge is -2.18. The van der Waals surface area contributed by atoms with E-state index in [1.54, 1.807) is 6.07 Å². The fourth-order valence-corrected chi connectivity index (χ4v) is 2.62. The zero-order valence-electron chi connectivity index (χ0n) is 10.5. The van der Waals surface area contributed by atoms with Crippen LogP contribution in [0.1, 0.15) is 5.56 Å². The Balaban J connectivity index is 1.86. The van der Waals surface area contributed by atoms with Gasteiger partial charge in [0.15, 0.2) is 11.5 Å². The lowest BCUT2D eigenvalue weighted by molar-refractivity contribution is 0.171. The van der Waals surface area contributed by atoms with E-state index in [2.05, 4.69) is 4.98 Å². The summed E-state index contributed by atoms with van der Waals surface area (Å²) in [4.78, 5) is 5.16. The van der Waals surface area contributed by atoms with Crippen molar-refractivity contribution in [2.45, 2.75) is 9.92 Å². The Hall–Kier alpha value is -2.39. The fourth-order valence-electron chi connectivity index (χ4n) is 1.81. The van der Waals surface area contributed by atoms with Crippen molar-refractivity contribution in [2.75, 3.05) is 18.9 Å². The van der Waals surface area contributed by atoms with Crippen LogP contribution >= 0.6 is 11.8 Å². The van der Waals surface area contributed by atoms with Crippen molar-refractivity contribution in [3.8, 4) is 17.6 Å². The maximum atomic E-state index is 8.79. The number of hydrogen-bond donors (Lipinski definition) is 1. The Bertz CT molecular complexity index is 697. The van der Waals surface area contributed by atoms with Gasteiger partial charge in [-0.1, -0.05) is 11.8 Å². The molecule has 100 valence electrons. The Morgan fingerprint density at radius 3 is 2.75 bits per heavy atom. The number of rotatable bonds is 2. The van der Waals surface area contributed by atoms with E-state index in [0.29, 0.717) is 29.5 Å². The van der Waals surface area contributed by atoms with Crippen LogP contribution in [0, 0.1) is 11.3 Å². The van der Waals surface area contributed by atoms with E-state index in [4.69, 9.17) is 20.5 Å². The Labute approximate surface area is 120 Å². The van der Waals surface area contributed by atoms with Gasteiger partial charge in [0.05, 0.1) is 11.3 Å². The van der Waals surface area contributed by atoms with Gasteiger partial charge in [-0.3, -0.25) is 0 Å². The topological polar surface area (TPSA) is 81.2 Å². The molecule has 0 amide bonds. The summed E-state index contributed by atoms with van der Waals surface area (Å²) >= 11 is 1.43. The highest BCUT2D eigenvalue weighted by molar-refractivity contribution is 7.99. The van der Waals surface area contributed by atoms with Crippen LogP contribution in [0.2, 0.25) is 0 Å². The number of hydrogen-bond acceptors (Lipinski definition) is 6. The molecule has 0 aliphatic carbocycles. The molecule has 0 spiro atoms. The maximum Gasteiger partial charge on any atom is 0.162 e. The molecule has 5 nitrogen and oxygen atoms in total. The smallest absolute Gasteiger partial charge is 0.162 e. The second kappa shape index (κ2) is 5.31. The van der Waals surface area contributed by atoms with Gasteiger partial charge in [-0.2, -0.15) is 5.26 Å². The predicted octanol–water partition coefficient (Wildman–Crippen LogP) is 2.46. The molecule has 2 aromatic rings. The molecule has 0 unspecified atom stereocenters. The van der Waals surface area contributed by atoms with Crippen molar-refractivity contribution in [3.63, 3.8) is 0 Å². The van der Waals surface area contributed by atoms with Crippen molar-refractivity contribution in [2.24, 2.45) is 0 Å². The molecule has 0 radical (unpaired) electrons. The first-order valence-corrected chi connectivity index (χ1v) is 6.81. The van der Waals surface area contributed by atoms with Crippen LogP contribution in [0.3, 0.4) is 0 Å². The van der Waals surface area contributed by atoms with Crippen LogP contribution in [0.4, 0.5) is 5.69 Å². The number of fused-ring (bicyclic) bond motifs is 1. The Kier molecular flexibility index (Phi) is 3.35. The third kappa shape index (κ3) is 2.49. The van der Waals surface area contributed by atoms with Gasteiger partial charge in [0.25, 0.3) is 0 Å². The lowest BCUT2D eigenvalue weighted by Crippen LogP contribution is -2.15. The molecule has 2 heterocycles. The van der Waals surface area contributed by atoms with Crippen molar-refractivity contribution >= 4 is 17.4 Å². The summed E-state index contributed by atoms with van der Waals surface area (Å²) in [6.45, 7) is 1.13. The van der Waals surface area contributed by atoms with Crippen molar-refractivity contribution in [1.29, 1.82) is 5.26 Å². The van der Waals surface area contributed by atoms with Gasteiger partial charge in [-0.25, -0.2) is 4.98 Å². The Morgan fingerprint density at radius 2 is 2.00 bits per heavy atom. The molecule has 1 aliphatic heterocycles. The summed E-state index contributed by atoms with van der Waals surface area (Å²) in [5.74, 6) is 1.48. The molecule has 1 aliphatic rings. The average Bonchev–Trinajstić information content (AvgIpc) is 2.49. The number of ether oxygens (including phenoxy) is 2. The van der Waals surface area contributed by atoms with Gasteiger partial charge in [0, 0.05) is 11.1 Å². The monoisotopic (exact) mass is 285 g/mol. The summed E-state index contributed by atoms with van der Waals surface area (Å²) in [5, 5.41) is 9.46. The predicted molar refractivity (Wildman–Crippen MR) is 74.9 cm³/mol. The van der Waals surface area contributed by atoms with E-state index in [0.717, 1.165) is 16.4 Å². The molecule has 1 aromatic heterocycles. The van der Waals surface area contributed by atoms with Gasteiger partial charge in [0.2, 0.25) is 0 Å². The molecule has 0 atom stereocenters. The molecule has 0 saturated heterocycles. The minimum absolute atomic E-state index is 0.453. The van der Waals surface area contributed by atoms with E-state index in [-0.39, 0.29) is 0 Å². The lowest BCUT2D eigenvalue weighted by atomic mass is 10.3. The summed E-state index contributed by atoms with van der Waals surface area (Å²) < 4.78 is 11.0. The van der Waals surface area contributed by atoms with Crippen molar-refractivity contribution in [1.82, 2.24) is 4.98 Å². The molecule has 2 N–H and O–H groups in total. The van der Waals surface area contributed by atoms with Crippen LogP contribution in [0.25, 0.3) is 0 Å². The zero-order chi connectivity index (χ0) is 13.9. The van der Waals surface area contributed by atoms with Crippen LogP contribution in [-0.4, -0.2) is 18.2 Å². The molecule has 0 saturated carbocycles. The van der Waals surface area contributed by atoms with Crippen molar-refractivity contribution < 1.29 is 9.47 Å². The van der Waals surface area contributed by atoms with Gasteiger partial charge in [-0.05, 0) is 24.3 Å². The second-order valence-electron chi connectivity index (χ2n) is 4.14. The molecule has 0 bridgehead atoms. The van der Waals surface area contributed by atoms with E-state index in [1.807, 2.05) is 24.3 Å². The van der Waals surface area contributed by atoms with E-state index in [9.17, 15) is 0 Å².